The Hall–Kier alpha value is -4.38. The Kier molecular flexibility index (Phi) is 7.27. The number of rotatable bonds is 8. The van der Waals surface area contributed by atoms with Crippen LogP contribution in [0, 0.1) is 10.1 Å². The maximum Gasteiger partial charge on any atom is 0.270 e. The zero-order valence-electron chi connectivity index (χ0n) is 18.8. The third-order valence-electron chi connectivity index (χ3n) is 4.92. The van der Waals surface area contributed by atoms with Gasteiger partial charge < -0.3 is 13.9 Å². The third-order valence-corrected chi connectivity index (χ3v) is 5.92. The summed E-state index contributed by atoms with van der Waals surface area (Å²) in [5.74, 6) is 1.45. The maximum atomic E-state index is 13.2. The first-order chi connectivity index (χ1) is 17.0. The number of thioether (sulfide) groups is 1. The third kappa shape index (κ3) is 5.58. The highest BCUT2D eigenvalue weighted by molar-refractivity contribution is 8.18. The van der Waals surface area contributed by atoms with E-state index in [0.29, 0.717) is 32.9 Å². The summed E-state index contributed by atoms with van der Waals surface area (Å²) in [5, 5.41) is 19.6. The maximum absolute atomic E-state index is 13.2. The molecular formula is C24H20N4O6S. The summed E-state index contributed by atoms with van der Waals surface area (Å²) in [4.78, 5) is 25.6. The molecule has 1 fully saturated rings. The number of furan rings is 1. The molecule has 2 aromatic carbocycles. The van der Waals surface area contributed by atoms with E-state index in [1.54, 1.807) is 56.7 Å². The Morgan fingerprint density at radius 2 is 1.91 bits per heavy atom. The molecule has 1 aliphatic rings. The van der Waals surface area contributed by atoms with E-state index < -0.39 is 4.92 Å². The van der Waals surface area contributed by atoms with E-state index in [4.69, 9.17) is 13.9 Å². The summed E-state index contributed by atoms with van der Waals surface area (Å²) in [6.07, 6.45) is 4.66. The van der Waals surface area contributed by atoms with Gasteiger partial charge in [0.25, 0.3) is 11.6 Å². The van der Waals surface area contributed by atoms with Crippen LogP contribution in [0.4, 0.5) is 5.69 Å². The summed E-state index contributed by atoms with van der Waals surface area (Å²) in [5.41, 5.74) is 1.21. The Balaban J connectivity index is 1.63. The average molecular weight is 493 g/mol. The highest BCUT2D eigenvalue weighted by Gasteiger charge is 2.34. The predicted octanol–water partition coefficient (Wildman–Crippen LogP) is 4.71. The van der Waals surface area contributed by atoms with E-state index in [2.05, 4.69) is 10.2 Å². The van der Waals surface area contributed by atoms with Crippen LogP contribution in [0.15, 0.2) is 80.4 Å². The lowest BCUT2D eigenvalue weighted by molar-refractivity contribution is -0.384. The van der Waals surface area contributed by atoms with Crippen molar-refractivity contribution >= 4 is 40.8 Å². The van der Waals surface area contributed by atoms with Crippen LogP contribution in [0.3, 0.4) is 0 Å². The topological polar surface area (TPSA) is 120 Å². The largest absolute Gasteiger partial charge is 0.493 e. The van der Waals surface area contributed by atoms with Crippen molar-refractivity contribution in [3.05, 3.63) is 92.8 Å². The van der Waals surface area contributed by atoms with Crippen molar-refractivity contribution in [3.8, 4) is 11.5 Å². The van der Waals surface area contributed by atoms with E-state index >= 15 is 0 Å². The molecule has 10 nitrogen and oxygen atoms in total. The van der Waals surface area contributed by atoms with Crippen molar-refractivity contribution in [2.75, 3.05) is 14.2 Å². The summed E-state index contributed by atoms with van der Waals surface area (Å²) >= 11 is 1.16. The van der Waals surface area contributed by atoms with Crippen molar-refractivity contribution in [2.45, 2.75) is 6.54 Å². The van der Waals surface area contributed by atoms with Crippen molar-refractivity contribution in [2.24, 2.45) is 10.2 Å². The molecule has 0 atom stereocenters. The number of nitro groups is 1. The number of benzene rings is 2. The summed E-state index contributed by atoms with van der Waals surface area (Å²) in [6, 6.07) is 14.9. The van der Waals surface area contributed by atoms with Gasteiger partial charge in [-0.05, 0) is 47.7 Å². The molecule has 1 aromatic heterocycles. The predicted molar refractivity (Wildman–Crippen MR) is 132 cm³/mol. The fraction of sp³-hybridized carbons (Fsp3) is 0.125. The molecule has 0 aliphatic carbocycles. The van der Waals surface area contributed by atoms with Gasteiger partial charge in [0.2, 0.25) is 0 Å². The number of carbonyl (C=O) groups is 1. The van der Waals surface area contributed by atoms with Crippen LogP contribution in [0.25, 0.3) is 6.08 Å². The first-order valence-electron chi connectivity index (χ1n) is 10.3. The second kappa shape index (κ2) is 10.7. The molecule has 1 aliphatic heterocycles. The molecule has 0 bridgehead atoms. The minimum absolute atomic E-state index is 0.0494. The van der Waals surface area contributed by atoms with Crippen molar-refractivity contribution in [3.63, 3.8) is 0 Å². The van der Waals surface area contributed by atoms with Crippen molar-refractivity contribution in [1.82, 2.24) is 4.90 Å². The highest BCUT2D eigenvalue weighted by Crippen LogP contribution is 2.35. The van der Waals surface area contributed by atoms with E-state index in [1.165, 1.54) is 29.5 Å². The fourth-order valence-corrected chi connectivity index (χ4v) is 4.17. The summed E-state index contributed by atoms with van der Waals surface area (Å²) < 4.78 is 16.0. The lowest BCUT2D eigenvalue weighted by atomic mass is 10.2. The van der Waals surface area contributed by atoms with E-state index in [9.17, 15) is 14.9 Å². The van der Waals surface area contributed by atoms with Crippen LogP contribution in [-0.2, 0) is 11.3 Å². The number of nitrogens with zero attached hydrogens (tertiary/aromatic N) is 4. The number of amidine groups is 1. The second-order valence-corrected chi connectivity index (χ2v) is 8.18. The van der Waals surface area contributed by atoms with Crippen LogP contribution < -0.4 is 9.47 Å². The molecule has 0 N–H and O–H groups in total. The molecule has 1 saturated heterocycles. The van der Waals surface area contributed by atoms with Gasteiger partial charge in [0.15, 0.2) is 16.7 Å². The normalized spacial score (nSPS) is 15.9. The lowest BCUT2D eigenvalue weighted by Gasteiger charge is -2.12. The lowest BCUT2D eigenvalue weighted by Crippen LogP contribution is -2.28. The molecule has 1 amide bonds. The average Bonchev–Trinajstić information content (AvgIpc) is 3.48. The Morgan fingerprint density at radius 1 is 1.09 bits per heavy atom. The molecule has 3 aromatic rings. The first kappa shape index (κ1) is 23.8. The minimum Gasteiger partial charge on any atom is -0.493 e. The van der Waals surface area contributed by atoms with Gasteiger partial charge in [0.05, 0.1) is 43.1 Å². The van der Waals surface area contributed by atoms with Crippen LogP contribution in [-0.4, -0.2) is 41.3 Å². The fourth-order valence-electron chi connectivity index (χ4n) is 3.24. The molecule has 178 valence electrons. The number of amides is 1. The summed E-state index contributed by atoms with van der Waals surface area (Å²) in [6.45, 7) is 0.174. The van der Waals surface area contributed by atoms with Gasteiger partial charge >= 0.3 is 0 Å². The van der Waals surface area contributed by atoms with Gasteiger partial charge in [0, 0.05) is 17.7 Å². The smallest absolute Gasteiger partial charge is 0.270 e. The molecule has 0 saturated carbocycles. The van der Waals surface area contributed by atoms with Gasteiger partial charge in [-0.1, -0.05) is 18.2 Å². The van der Waals surface area contributed by atoms with Crippen LogP contribution >= 0.6 is 11.8 Å². The molecule has 35 heavy (non-hydrogen) atoms. The quantitative estimate of drug-likeness (QED) is 0.193. The van der Waals surface area contributed by atoms with Gasteiger partial charge in [-0.15, -0.1) is 5.10 Å². The number of hydrogen-bond acceptors (Lipinski definition) is 9. The number of ether oxygens (including phenoxy) is 2. The number of nitro benzene ring substituents is 1. The number of carbonyl (C=O) groups excluding carboxylic acids is 1. The molecule has 4 rings (SSSR count). The summed E-state index contributed by atoms with van der Waals surface area (Å²) in [7, 11) is 3.09. The van der Waals surface area contributed by atoms with E-state index in [-0.39, 0.29) is 18.1 Å². The molecule has 0 radical (unpaired) electrons. The first-order valence-corrected chi connectivity index (χ1v) is 11.1. The van der Waals surface area contributed by atoms with Gasteiger partial charge in [-0.25, -0.2) is 0 Å². The second-order valence-electron chi connectivity index (χ2n) is 7.17. The van der Waals surface area contributed by atoms with Crippen LogP contribution in [0.1, 0.15) is 16.9 Å². The van der Waals surface area contributed by atoms with E-state index in [1.807, 2.05) is 6.07 Å². The molecule has 11 heteroatoms. The monoisotopic (exact) mass is 492 g/mol. The van der Waals surface area contributed by atoms with Crippen LogP contribution in [0.2, 0.25) is 0 Å². The minimum atomic E-state index is -0.481. The highest BCUT2D eigenvalue weighted by atomic mass is 32.2. The van der Waals surface area contributed by atoms with Crippen molar-refractivity contribution < 1.29 is 23.6 Å². The molecule has 0 spiro atoms. The Bertz CT molecular complexity index is 1330. The molecular weight excluding hydrogens is 472 g/mol. The Morgan fingerprint density at radius 3 is 2.63 bits per heavy atom. The molecule has 0 unspecified atom stereocenters. The van der Waals surface area contributed by atoms with Crippen LogP contribution in [0.5, 0.6) is 11.5 Å². The number of non-ortho nitro benzene ring substituents is 1. The zero-order chi connectivity index (χ0) is 24.8. The van der Waals surface area contributed by atoms with Gasteiger partial charge in [-0.3, -0.25) is 19.8 Å². The van der Waals surface area contributed by atoms with Gasteiger partial charge in [0.1, 0.15) is 5.76 Å². The van der Waals surface area contributed by atoms with Gasteiger partial charge in [-0.2, -0.15) is 5.10 Å². The standard InChI is InChI=1S/C24H20N4O6S/c1-32-20-9-8-16(12-21(20)33-2)13-22-23(29)27(15-19-7-4-10-34-19)24(35-22)26-25-14-17-5-3-6-18(11-17)28(30)31/h3-14H,15H2,1-2H3/b22-13-,25-14-,26-24+. The zero-order valence-corrected chi connectivity index (χ0v) is 19.6. The number of hydrogen-bond donors (Lipinski definition) is 0. The Labute approximate surface area is 204 Å². The van der Waals surface area contributed by atoms with Crippen molar-refractivity contribution in [1.29, 1.82) is 0 Å². The number of methoxy groups -OCH3 is 2. The van der Waals surface area contributed by atoms with E-state index in [0.717, 1.165) is 17.3 Å². The SMILES string of the molecule is COc1ccc(/C=C2\S/C(=N/N=C\c3cccc([N+](=O)[O-])c3)N(Cc3ccco3)C2=O)cc1OC. The molecule has 2 heterocycles.